The molecule has 0 heterocycles. The smallest absolute Gasteiger partial charge is 0.407 e. The molecule has 186 valence electrons. The number of hydrogen-bond donors (Lipinski definition) is 3. The first-order valence-electron chi connectivity index (χ1n) is 12.1. The average molecular weight is 497 g/mol. The number of hydrogen-bond acceptors (Lipinski definition) is 5. The van der Waals surface area contributed by atoms with E-state index in [-0.39, 0.29) is 30.2 Å². The molecule has 0 spiro atoms. The molecule has 0 aliphatic heterocycles. The van der Waals surface area contributed by atoms with Gasteiger partial charge in [-0.15, -0.1) is 11.8 Å². The lowest BCUT2D eigenvalue weighted by Gasteiger charge is -2.40. The summed E-state index contributed by atoms with van der Waals surface area (Å²) in [5.41, 5.74) is 3.93. The van der Waals surface area contributed by atoms with Crippen molar-refractivity contribution >= 4 is 29.7 Å². The van der Waals surface area contributed by atoms with Crippen molar-refractivity contribution in [3.63, 3.8) is 0 Å². The van der Waals surface area contributed by atoms with E-state index in [0.717, 1.165) is 24.0 Å². The summed E-state index contributed by atoms with van der Waals surface area (Å²) in [7, 11) is 0. The van der Waals surface area contributed by atoms with E-state index < -0.39 is 17.5 Å². The minimum atomic E-state index is -0.868. The lowest BCUT2D eigenvalue weighted by Crippen LogP contribution is -2.55. The van der Waals surface area contributed by atoms with Gasteiger partial charge in [0, 0.05) is 24.3 Å². The maximum Gasteiger partial charge on any atom is 0.407 e. The lowest BCUT2D eigenvalue weighted by atomic mass is 9.71. The Morgan fingerprint density at radius 3 is 2.37 bits per heavy atom. The zero-order chi connectivity index (χ0) is 24.8. The molecular formula is C27H32N2O5S. The molecular weight excluding hydrogens is 464 g/mol. The van der Waals surface area contributed by atoms with Crippen LogP contribution in [0.1, 0.15) is 49.7 Å². The first-order valence-corrected chi connectivity index (χ1v) is 13.2. The summed E-state index contributed by atoms with van der Waals surface area (Å²) >= 11 is 1.27. The van der Waals surface area contributed by atoms with Gasteiger partial charge in [-0.1, -0.05) is 61.4 Å². The summed E-state index contributed by atoms with van der Waals surface area (Å²) in [4.78, 5) is 36.5. The molecule has 8 heteroatoms. The molecule has 0 bridgehead atoms. The largest absolute Gasteiger partial charge is 0.481 e. The number of fused-ring (bicyclic) bond motifs is 3. The first kappa shape index (κ1) is 25.1. The predicted octanol–water partition coefficient (Wildman–Crippen LogP) is 4.41. The third-order valence-corrected chi connectivity index (χ3v) is 8.06. The number of aliphatic carboxylic acids is 1. The Labute approximate surface area is 210 Å². The Morgan fingerprint density at radius 1 is 1.06 bits per heavy atom. The number of carbonyl (C=O) groups is 3. The van der Waals surface area contributed by atoms with Crippen molar-refractivity contribution in [2.24, 2.45) is 5.41 Å². The van der Waals surface area contributed by atoms with E-state index in [2.05, 4.69) is 34.9 Å². The van der Waals surface area contributed by atoms with Gasteiger partial charge in [0.2, 0.25) is 5.91 Å². The van der Waals surface area contributed by atoms with Crippen LogP contribution in [0.3, 0.4) is 0 Å². The molecule has 0 aromatic heterocycles. The van der Waals surface area contributed by atoms with Gasteiger partial charge in [0.05, 0.1) is 11.2 Å². The number of thioether (sulfide) groups is 1. The number of carboxylic acid groups (broad SMARTS) is 1. The molecule has 2 unspecified atom stereocenters. The lowest BCUT2D eigenvalue weighted by molar-refractivity contribution is -0.134. The van der Waals surface area contributed by atoms with Crippen LogP contribution < -0.4 is 10.6 Å². The summed E-state index contributed by atoms with van der Waals surface area (Å²) in [6, 6.07) is 16.1. The molecule has 35 heavy (non-hydrogen) atoms. The molecule has 2 atom stereocenters. The Balaban J connectivity index is 1.34. The Morgan fingerprint density at radius 2 is 1.71 bits per heavy atom. The molecule has 2 amide bonds. The molecule has 2 aliphatic rings. The van der Waals surface area contributed by atoms with E-state index in [9.17, 15) is 14.4 Å². The van der Waals surface area contributed by atoms with Gasteiger partial charge in [0.15, 0.2) is 0 Å². The fourth-order valence-electron chi connectivity index (χ4n) is 5.22. The molecule has 1 fully saturated rings. The third kappa shape index (κ3) is 5.64. The Bertz CT molecular complexity index is 1050. The van der Waals surface area contributed by atoms with Gasteiger partial charge in [-0.2, -0.15) is 0 Å². The second-order valence-corrected chi connectivity index (χ2v) is 10.5. The SMILES string of the molecule is CC1(C(=O)NCCSCC(=O)O)CCCCC1NC(=O)OCC1c2ccccc2-c2ccccc21. The van der Waals surface area contributed by atoms with Gasteiger partial charge < -0.3 is 20.5 Å². The Kier molecular flexibility index (Phi) is 8.00. The molecule has 2 aromatic carbocycles. The number of benzene rings is 2. The van der Waals surface area contributed by atoms with Crippen LogP contribution in [0, 0.1) is 5.41 Å². The van der Waals surface area contributed by atoms with Gasteiger partial charge in [-0.3, -0.25) is 9.59 Å². The maximum absolute atomic E-state index is 13.0. The highest BCUT2D eigenvalue weighted by Crippen LogP contribution is 2.44. The number of carbonyl (C=O) groups excluding carboxylic acids is 2. The van der Waals surface area contributed by atoms with Crippen LogP contribution >= 0.6 is 11.8 Å². The van der Waals surface area contributed by atoms with Crippen molar-refractivity contribution in [2.45, 2.75) is 44.6 Å². The van der Waals surface area contributed by atoms with Crippen LogP contribution in [0.25, 0.3) is 11.1 Å². The van der Waals surface area contributed by atoms with E-state index >= 15 is 0 Å². The summed E-state index contributed by atoms with van der Waals surface area (Å²) < 4.78 is 5.71. The summed E-state index contributed by atoms with van der Waals surface area (Å²) in [5.74, 6) is -0.458. The van der Waals surface area contributed by atoms with Crippen molar-refractivity contribution < 1.29 is 24.2 Å². The minimum Gasteiger partial charge on any atom is -0.481 e. The van der Waals surface area contributed by atoms with Gasteiger partial charge in [0.25, 0.3) is 0 Å². The molecule has 7 nitrogen and oxygen atoms in total. The highest BCUT2D eigenvalue weighted by atomic mass is 32.2. The molecule has 2 aliphatic carbocycles. The van der Waals surface area contributed by atoms with Crippen molar-refractivity contribution in [1.82, 2.24) is 10.6 Å². The summed E-state index contributed by atoms with van der Waals surface area (Å²) in [5, 5.41) is 14.6. The molecule has 0 saturated heterocycles. The predicted molar refractivity (Wildman–Crippen MR) is 137 cm³/mol. The van der Waals surface area contributed by atoms with E-state index in [1.54, 1.807) is 0 Å². The molecule has 2 aromatic rings. The zero-order valence-electron chi connectivity index (χ0n) is 19.9. The monoisotopic (exact) mass is 496 g/mol. The Hall–Kier alpha value is -3.00. The van der Waals surface area contributed by atoms with Crippen molar-refractivity contribution in [1.29, 1.82) is 0 Å². The number of carboxylic acids is 1. The number of ether oxygens (including phenoxy) is 1. The number of rotatable bonds is 9. The van der Waals surface area contributed by atoms with Gasteiger partial charge in [0.1, 0.15) is 6.61 Å². The van der Waals surface area contributed by atoms with Crippen LogP contribution in [-0.4, -0.2) is 53.8 Å². The summed E-state index contributed by atoms with van der Waals surface area (Å²) in [6.45, 7) is 2.51. The summed E-state index contributed by atoms with van der Waals surface area (Å²) in [6.07, 6.45) is 2.73. The first-order chi connectivity index (χ1) is 16.9. The normalized spacial score (nSPS) is 21.0. The fraction of sp³-hybridized carbons (Fsp3) is 0.444. The van der Waals surface area contributed by atoms with E-state index in [1.165, 1.54) is 22.9 Å². The van der Waals surface area contributed by atoms with Gasteiger partial charge in [-0.25, -0.2) is 4.79 Å². The van der Waals surface area contributed by atoms with E-state index in [0.29, 0.717) is 25.1 Å². The van der Waals surface area contributed by atoms with Crippen LogP contribution in [-0.2, 0) is 14.3 Å². The van der Waals surface area contributed by atoms with Gasteiger partial charge >= 0.3 is 12.1 Å². The van der Waals surface area contributed by atoms with Crippen LogP contribution in [0.15, 0.2) is 48.5 Å². The topological polar surface area (TPSA) is 105 Å². The van der Waals surface area contributed by atoms with Crippen molar-refractivity contribution in [3.05, 3.63) is 59.7 Å². The quantitative estimate of drug-likeness (QED) is 0.444. The fourth-order valence-corrected chi connectivity index (χ4v) is 5.78. The standard InChI is InChI=1S/C27H32N2O5S/c1-27(25(32)28-14-15-35-17-24(30)31)13-7-6-12-23(27)29-26(33)34-16-22-20-10-4-2-8-18(20)19-9-3-5-11-21(19)22/h2-5,8-11,22-23H,6-7,12-17H2,1H3,(H,28,32)(H,29,33)(H,30,31). The average Bonchev–Trinajstić information content (AvgIpc) is 3.17. The van der Waals surface area contributed by atoms with Crippen LogP contribution in [0.4, 0.5) is 4.79 Å². The van der Waals surface area contributed by atoms with Crippen molar-refractivity contribution in [2.75, 3.05) is 24.7 Å². The second kappa shape index (κ2) is 11.2. The number of amides is 2. The molecule has 0 radical (unpaired) electrons. The third-order valence-electron chi connectivity index (χ3n) is 7.12. The second-order valence-electron chi connectivity index (χ2n) is 9.39. The highest BCUT2D eigenvalue weighted by Gasteiger charge is 2.44. The van der Waals surface area contributed by atoms with E-state index in [1.807, 2.05) is 31.2 Å². The zero-order valence-corrected chi connectivity index (χ0v) is 20.7. The van der Waals surface area contributed by atoms with E-state index in [4.69, 9.17) is 9.84 Å². The molecule has 4 rings (SSSR count). The van der Waals surface area contributed by atoms with Gasteiger partial charge in [-0.05, 0) is 42.0 Å². The number of alkyl carbamates (subject to hydrolysis) is 1. The van der Waals surface area contributed by atoms with Crippen LogP contribution in [0.5, 0.6) is 0 Å². The van der Waals surface area contributed by atoms with Crippen LogP contribution in [0.2, 0.25) is 0 Å². The maximum atomic E-state index is 13.0. The molecule has 1 saturated carbocycles. The number of nitrogens with one attached hydrogen (secondary N) is 2. The van der Waals surface area contributed by atoms with Crippen molar-refractivity contribution in [3.8, 4) is 11.1 Å². The minimum absolute atomic E-state index is 0.0130. The molecule has 3 N–H and O–H groups in total. The highest BCUT2D eigenvalue weighted by molar-refractivity contribution is 7.99.